The zero-order chi connectivity index (χ0) is 23.5. The van der Waals surface area contributed by atoms with Crippen LogP contribution < -0.4 is 20.5 Å². The summed E-state index contributed by atoms with van der Waals surface area (Å²) in [6.07, 6.45) is 3.42. The highest BCUT2D eigenvalue weighted by atomic mass is 16.5. The molecule has 0 bridgehead atoms. The third-order valence-corrected chi connectivity index (χ3v) is 6.28. The predicted molar refractivity (Wildman–Crippen MR) is 134 cm³/mol. The van der Waals surface area contributed by atoms with Gasteiger partial charge in [-0.2, -0.15) is 0 Å². The van der Waals surface area contributed by atoms with Gasteiger partial charge in [-0.1, -0.05) is 42.5 Å². The maximum absolute atomic E-state index is 12.7. The van der Waals surface area contributed by atoms with Crippen LogP contribution >= 0.6 is 0 Å². The van der Waals surface area contributed by atoms with Gasteiger partial charge in [0.25, 0.3) is 5.56 Å². The van der Waals surface area contributed by atoms with E-state index < -0.39 is 0 Å². The van der Waals surface area contributed by atoms with E-state index in [4.69, 9.17) is 9.72 Å². The summed E-state index contributed by atoms with van der Waals surface area (Å²) >= 11 is 0. The van der Waals surface area contributed by atoms with Gasteiger partial charge >= 0.3 is 0 Å². The largest absolute Gasteiger partial charge is 0.496 e. The van der Waals surface area contributed by atoms with Crippen molar-refractivity contribution in [2.24, 2.45) is 7.05 Å². The fourth-order valence-corrected chi connectivity index (χ4v) is 4.41. The summed E-state index contributed by atoms with van der Waals surface area (Å²) < 4.78 is 7.14. The smallest absolute Gasteiger partial charge is 0.255 e. The molecule has 3 heterocycles. The average Bonchev–Trinajstić information content (AvgIpc) is 2.91. The van der Waals surface area contributed by atoms with Gasteiger partial charge < -0.3 is 15.0 Å². The van der Waals surface area contributed by atoms with Gasteiger partial charge in [-0.3, -0.25) is 14.3 Å². The summed E-state index contributed by atoms with van der Waals surface area (Å²) in [4.78, 5) is 23.8. The number of hydrogen-bond acceptors (Lipinski definition) is 6. The Balaban J connectivity index is 1.40. The fraction of sp³-hybridized carbons (Fsp3) is 0.222. The van der Waals surface area contributed by atoms with Gasteiger partial charge in [-0.15, -0.1) is 0 Å². The molecule has 1 aliphatic heterocycles. The molecule has 0 radical (unpaired) electrons. The molecule has 0 amide bonds. The van der Waals surface area contributed by atoms with Crippen LogP contribution in [-0.2, 0) is 7.05 Å². The monoisotopic (exact) mass is 453 g/mol. The molecular formula is C27H27N5O2. The number of pyridine rings is 1. The number of methoxy groups -OCH3 is 1. The molecule has 0 aliphatic carbocycles. The molecule has 7 nitrogen and oxygen atoms in total. The number of hydrogen-bond donors (Lipinski definition) is 1. The van der Waals surface area contributed by atoms with Crippen LogP contribution in [0.3, 0.4) is 0 Å². The van der Waals surface area contributed by atoms with Gasteiger partial charge in [0.1, 0.15) is 5.75 Å². The van der Waals surface area contributed by atoms with E-state index in [1.165, 1.54) is 5.56 Å². The van der Waals surface area contributed by atoms with Crippen LogP contribution in [0.15, 0.2) is 83.9 Å². The molecule has 1 aliphatic rings. The van der Waals surface area contributed by atoms with Crippen molar-refractivity contribution in [1.82, 2.24) is 19.9 Å². The Bertz CT molecular complexity index is 1340. The Morgan fingerprint density at radius 3 is 2.53 bits per heavy atom. The van der Waals surface area contributed by atoms with Crippen LogP contribution in [0, 0.1) is 0 Å². The molecule has 172 valence electrons. The Labute approximate surface area is 198 Å². The molecule has 4 aromatic rings. The first-order valence-corrected chi connectivity index (χ1v) is 11.3. The van der Waals surface area contributed by atoms with E-state index in [-0.39, 0.29) is 11.6 Å². The molecule has 1 unspecified atom stereocenters. The Morgan fingerprint density at radius 1 is 1.00 bits per heavy atom. The number of anilines is 1. The number of benzene rings is 2. The van der Waals surface area contributed by atoms with Crippen molar-refractivity contribution in [2.75, 3.05) is 31.6 Å². The van der Waals surface area contributed by atoms with E-state index in [9.17, 15) is 4.79 Å². The minimum absolute atomic E-state index is 0.0759. The van der Waals surface area contributed by atoms with E-state index in [0.717, 1.165) is 35.5 Å². The van der Waals surface area contributed by atoms with E-state index in [1.807, 2.05) is 30.3 Å². The zero-order valence-electron chi connectivity index (χ0n) is 19.3. The number of rotatable bonds is 5. The minimum Gasteiger partial charge on any atom is -0.496 e. The first-order chi connectivity index (χ1) is 16.6. The lowest BCUT2D eigenvalue weighted by Crippen LogP contribution is -2.47. The molecule has 7 heteroatoms. The molecule has 5 rings (SSSR count). The van der Waals surface area contributed by atoms with Crippen molar-refractivity contribution in [1.29, 1.82) is 0 Å². The maximum atomic E-state index is 12.7. The minimum atomic E-state index is -0.0759. The fourth-order valence-electron chi connectivity index (χ4n) is 4.41. The summed E-state index contributed by atoms with van der Waals surface area (Å²) in [5.74, 6) is 1.54. The van der Waals surface area contributed by atoms with Crippen molar-refractivity contribution in [3.8, 4) is 28.1 Å². The summed E-state index contributed by atoms with van der Waals surface area (Å²) in [6, 6.07) is 22.1. The molecule has 0 spiro atoms. The van der Waals surface area contributed by atoms with Crippen LogP contribution in [0.25, 0.3) is 22.4 Å². The van der Waals surface area contributed by atoms with Crippen LogP contribution in [0.2, 0.25) is 0 Å². The first-order valence-electron chi connectivity index (χ1n) is 11.3. The number of ether oxygens (including phenoxy) is 1. The van der Waals surface area contributed by atoms with Gasteiger partial charge in [0, 0.05) is 62.3 Å². The molecule has 34 heavy (non-hydrogen) atoms. The lowest BCUT2D eigenvalue weighted by atomic mass is 9.99. The topological polar surface area (TPSA) is 72.3 Å². The Morgan fingerprint density at radius 2 is 1.76 bits per heavy atom. The summed E-state index contributed by atoms with van der Waals surface area (Å²) in [6.45, 7) is 2.29. The highest BCUT2D eigenvalue weighted by Crippen LogP contribution is 2.31. The lowest BCUT2D eigenvalue weighted by molar-refractivity contribution is 0.416. The third kappa shape index (κ3) is 4.30. The average molecular weight is 454 g/mol. The van der Waals surface area contributed by atoms with Crippen LogP contribution in [0.5, 0.6) is 5.75 Å². The summed E-state index contributed by atoms with van der Waals surface area (Å²) in [7, 11) is 3.47. The van der Waals surface area contributed by atoms with E-state index in [2.05, 4.69) is 45.5 Å². The highest BCUT2D eigenvalue weighted by molar-refractivity contribution is 5.70. The SMILES string of the molecule is COc1ccccc1-c1ccc(C2CN(c3nc(-c4ccncc4)cc(=O)n3C)CCN2)cc1. The van der Waals surface area contributed by atoms with E-state index in [0.29, 0.717) is 18.2 Å². The van der Waals surface area contributed by atoms with Crippen LogP contribution in [0.4, 0.5) is 5.95 Å². The lowest BCUT2D eigenvalue weighted by Gasteiger charge is -2.35. The van der Waals surface area contributed by atoms with Gasteiger partial charge in [0.2, 0.25) is 5.95 Å². The molecule has 1 N–H and O–H groups in total. The Hall–Kier alpha value is -3.97. The second kappa shape index (κ2) is 9.49. The van der Waals surface area contributed by atoms with Crippen molar-refractivity contribution >= 4 is 5.95 Å². The van der Waals surface area contributed by atoms with Crippen molar-refractivity contribution in [3.05, 3.63) is 95.0 Å². The highest BCUT2D eigenvalue weighted by Gasteiger charge is 2.24. The first kappa shape index (κ1) is 21.9. The second-order valence-electron chi connectivity index (χ2n) is 8.35. The van der Waals surface area contributed by atoms with Crippen LogP contribution in [-0.4, -0.2) is 41.3 Å². The molecule has 1 saturated heterocycles. The van der Waals surface area contributed by atoms with Crippen molar-refractivity contribution in [2.45, 2.75) is 6.04 Å². The third-order valence-electron chi connectivity index (χ3n) is 6.28. The van der Waals surface area contributed by atoms with Gasteiger partial charge in [0.15, 0.2) is 0 Å². The van der Waals surface area contributed by atoms with Gasteiger partial charge in [-0.25, -0.2) is 4.98 Å². The summed E-state index contributed by atoms with van der Waals surface area (Å²) in [5.41, 5.74) is 4.85. The molecule has 1 fully saturated rings. The predicted octanol–water partition coefficient (Wildman–Crippen LogP) is 3.67. The zero-order valence-corrected chi connectivity index (χ0v) is 19.3. The Kier molecular flexibility index (Phi) is 6.10. The molecule has 1 atom stereocenters. The maximum Gasteiger partial charge on any atom is 0.255 e. The van der Waals surface area contributed by atoms with Gasteiger partial charge in [0.05, 0.1) is 12.8 Å². The normalized spacial score (nSPS) is 15.8. The van der Waals surface area contributed by atoms with Crippen LogP contribution in [0.1, 0.15) is 11.6 Å². The number of nitrogens with one attached hydrogen (secondary N) is 1. The number of nitrogens with zero attached hydrogens (tertiary/aromatic N) is 4. The summed E-state index contributed by atoms with van der Waals surface area (Å²) in [5, 5.41) is 3.61. The molecule has 2 aromatic carbocycles. The standard InChI is InChI=1S/C27H27N5O2/c1-31-26(33)17-23(21-11-13-28-14-12-21)30-27(31)32-16-15-29-24(18-32)20-9-7-19(8-10-20)22-5-3-4-6-25(22)34-2/h3-14,17,24,29H,15-16,18H2,1-2H3. The number of para-hydroxylation sites is 1. The van der Waals surface area contributed by atoms with E-state index in [1.54, 1.807) is 37.2 Å². The second-order valence-corrected chi connectivity index (χ2v) is 8.35. The van der Waals surface area contributed by atoms with E-state index >= 15 is 0 Å². The van der Waals surface area contributed by atoms with Gasteiger partial charge in [-0.05, 0) is 29.3 Å². The van der Waals surface area contributed by atoms with Crippen molar-refractivity contribution < 1.29 is 4.74 Å². The molecule has 0 saturated carbocycles. The number of aromatic nitrogens is 3. The molecular weight excluding hydrogens is 426 g/mol. The number of piperazine rings is 1. The molecule has 2 aromatic heterocycles. The van der Waals surface area contributed by atoms with Crippen molar-refractivity contribution in [3.63, 3.8) is 0 Å². The quantitative estimate of drug-likeness (QED) is 0.497.